The average molecular weight is 638 g/mol. The molecule has 2 aromatic carbocycles. The molecule has 0 bridgehead atoms. The van der Waals surface area contributed by atoms with Gasteiger partial charge in [0.05, 0.1) is 26.3 Å². The number of hydrogen-bond acceptors (Lipinski definition) is 6. The zero-order valence-corrected chi connectivity index (χ0v) is 24.9. The summed E-state index contributed by atoms with van der Waals surface area (Å²) in [5.74, 6) is 1.05. The molecule has 2 aliphatic rings. The van der Waals surface area contributed by atoms with E-state index in [9.17, 15) is 9.59 Å². The minimum Gasteiger partial charge on any atom is -0.440 e. The lowest BCUT2D eigenvalue weighted by Gasteiger charge is -2.26. The molecular formula is C30H26BrClN4O3S. The van der Waals surface area contributed by atoms with Gasteiger partial charge in [0.15, 0.2) is 4.80 Å². The molecule has 1 atom stereocenters. The predicted octanol–water partition coefficient (Wildman–Crippen LogP) is 5.87. The first-order chi connectivity index (χ1) is 19.4. The summed E-state index contributed by atoms with van der Waals surface area (Å²) in [6.07, 6.45) is 5.24. The van der Waals surface area contributed by atoms with Crippen LogP contribution in [-0.4, -0.2) is 23.6 Å². The Kier molecular flexibility index (Phi) is 7.53. The number of nitrogens with zero attached hydrogens (tertiary/aromatic N) is 3. The van der Waals surface area contributed by atoms with E-state index in [0.717, 1.165) is 41.9 Å². The number of para-hydroxylation sites is 1. The first kappa shape index (κ1) is 26.8. The maximum Gasteiger partial charge on any atom is 0.271 e. The maximum atomic E-state index is 13.9. The van der Waals surface area contributed by atoms with Crippen molar-refractivity contribution in [1.29, 1.82) is 0 Å². The maximum absolute atomic E-state index is 13.9. The fourth-order valence-corrected chi connectivity index (χ4v) is 6.89. The van der Waals surface area contributed by atoms with Crippen molar-refractivity contribution in [2.75, 3.05) is 23.3 Å². The van der Waals surface area contributed by atoms with Crippen molar-refractivity contribution >= 4 is 62.4 Å². The lowest BCUT2D eigenvalue weighted by Crippen LogP contribution is -2.40. The lowest BCUT2D eigenvalue weighted by atomic mass is 9.95. The van der Waals surface area contributed by atoms with Crippen LogP contribution in [0.15, 0.2) is 90.6 Å². The Morgan fingerprint density at radius 2 is 1.85 bits per heavy atom. The quantitative estimate of drug-likeness (QED) is 0.297. The van der Waals surface area contributed by atoms with E-state index in [1.54, 1.807) is 29.7 Å². The number of benzene rings is 2. The number of hydrogen-bond donors (Lipinski definition) is 1. The highest BCUT2D eigenvalue weighted by atomic mass is 79.9. The van der Waals surface area contributed by atoms with E-state index >= 15 is 0 Å². The van der Waals surface area contributed by atoms with Crippen LogP contribution < -0.4 is 25.1 Å². The standard InChI is InChI=1S/C30H26BrClN4O3S/c1-18-25(27(37)34-21-8-4-2-5-9-21)26(19-10-12-20(32)13-11-19)36-28(38)24(40-30(36)33-18)17-22-16-23(31)29(39-22)35-14-6-3-7-15-35/h2,4-5,8-13,16-17,26H,3,6-7,14-15H2,1H3,(H,34,37)/b24-17+/t26-/m1/s1. The van der Waals surface area contributed by atoms with E-state index in [4.69, 9.17) is 21.0 Å². The molecule has 6 rings (SSSR count). The van der Waals surface area contributed by atoms with Gasteiger partial charge in [0.1, 0.15) is 5.76 Å². The number of nitrogens with one attached hydrogen (secondary N) is 1. The normalized spacial score (nSPS) is 17.5. The number of aromatic nitrogens is 1. The summed E-state index contributed by atoms with van der Waals surface area (Å²) < 4.78 is 9.11. The molecule has 1 fully saturated rings. The Morgan fingerprint density at radius 1 is 1.12 bits per heavy atom. The number of carbonyl (C=O) groups excluding carboxylic acids is 1. The lowest BCUT2D eigenvalue weighted by molar-refractivity contribution is -0.113. The van der Waals surface area contributed by atoms with Gasteiger partial charge in [0.25, 0.3) is 11.5 Å². The van der Waals surface area contributed by atoms with Gasteiger partial charge in [-0.1, -0.05) is 53.3 Å². The van der Waals surface area contributed by atoms with Crippen molar-refractivity contribution in [3.8, 4) is 0 Å². The fourth-order valence-electron chi connectivity index (χ4n) is 5.18. The van der Waals surface area contributed by atoms with Crippen LogP contribution in [0.25, 0.3) is 6.08 Å². The van der Waals surface area contributed by atoms with Gasteiger partial charge in [-0.25, -0.2) is 4.99 Å². The fraction of sp³-hybridized carbons (Fsp3) is 0.233. The number of amides is 1. The topological polar surface area (TPSA) is 79.8 Å². The summed E-state index contributed by atoms with van der Waals surface area (Å²) in [6.45, 7) is 3.69. The molecule has 0 aliphatic carbocycles. The van der Waals surface area contributed by atoms with Crippen LogP contribution >= 0.6 is 38.9 Å². The molecule has 7 nitrogen and oxygen atoms in total. The molecule has 0 saturated carbocycles. The van der Waals surface area contributed by atoms with Crippen LogP contribution in [0.1, 0.15) is 43.6 Å². The number of piperidine rings is 1. The van der Waals surface area contributed by atoms with Gasteiger partial charge in [-0.2, -0.15) is 0 Å². The number of anilines is 2. The summed E-state index contributed by atoms with van der Waals surface area (Å²) in [4.78, 5) is 35.0. The van der Waals surface area contributed by atoms with E-state index in [1.165, 1.54) is 17.8 Å². The van der Waals surface area contributed by atoms with Crippen LogP contribution in [0.2, 0.25) is 5.02 Å². The molecular weight excluding hydrogens is 612 g/mol. The Hall–Kier alpha value is -3.40. The van der Waals surface area contributed by atoms with Gasteiger partial charge < -0.3 is 14.6 Å². The molecule has 2 aromatic heterocycles. The molecule has 1 saturated heterocycles. The van der Waals surface area contributed by atoms with Crippen molar-refractivity contribution in [3.05, 3.63) is 112 Å². The van der Waals surface area contributed by atoms with E-state index in [-0.39, 0.29) is 11.5 Å². The summed E-state index contributed by atoms with van der Waals surface area (Å²) in [7, 11) is 0. The van der Waals surface area contributed by atoms with Crippen molar-refractivity contribution in [2.24, 2.45) is 4.99 Å². The van der Waals surface area contributed by atoms with Crippen molar-refractivity contribution < 1.29 is 9.21 Å². The molecule has 4 heterocycles. The summed E-state index contributed by atoms with van der Waals surface area (Å²) in [5.41, 5.74) is 2.13. The number of furan rings is 1. The van der Waals surface area contributed by atoms with Crippen LogP contribution in [0, 0.1) is 0 Å². The van der Waals surface area contributed by atoms with E-state index < -0.39 is 6.04 Å². The Labute approximate surface area is 248 Å². The molecule has 4 aromatic rings. The van der Waals surface area contributed by atoms with Gasteiger partial charge in [-0.05, 0) is 71.9 Å². The molecule has 0 unspecified atom stereocenters. The minimum atomic E-state index is -0.674. The molecule has 204 valence electrons. The van der Waals surface area contributed by atoms with Gasteiger partial charge in [-0.15, -0.1) is 0 Å². The second kappa shape index (κ2) is 11.2. The van der Waals surface area contributed by atoms with Gasteiger partial charge in [-0.3, -0.25) is 14.2 Å². The van der Waals surface area contributed by atoms with Crippen LogP contribution in [0.3, 0.4) is 0 Å². The number of fused-ring (bicyclic) bond motifs is 1. The van der Waals surface area contributed by atoms with Crippen LogP contribution in [0.4, 0.5) is 11.6 Å². The number of halogens is 2. The van der Waals surface area contributed by atoms with E-state index in [2.05, 4.69) is 26.1 Å². The zero-order chi connectivity index (χ0) is 27.8. The molecule has 40 heavy (non-hydrogen) atoms. The highest BCUT2D eigenvalue weighted by Gasteiger charge is 2.32. The number of rotatable bonds is 5. The first-order valence-corrected chi connectivity index (χ1v) is 15.1. The summed E-state index contributed by atoms with van der Waals surface area (Å²) >= 11 is 11.1. The average Bonchev–Trinajstić information content (AvgIpc) is 3.47. The van der Waals surface area contributed by atoms with Gasteiger partial charge in [0.2, 0.25) is 5.88 Å². The number of carbonyl (C=O) groups is 1. The highest BCUT2D eigenvalue weighted by Crippen LogP contribution is 2.33. The number of allylic oxidation sites excluding steroid dienone is 1. The largest absolute Gasteiger partial charge is 0.440 e. The Morgan fingerprint density at radius 3 is 2.58 bits per heavy atom. The molecule has 0 spiro atoms. The molecule has 10 heteroatoms. The van der Waals surface area contributed by atoms with Crippen molar-refractivity contribution in [1.82, 2.24) is 4.57 Å². The second-order valence-corrected chi connectivity index (χ2v) is 12.1. The van der Waals surface area contributed by atoms with Gasteiger partial charge >= 0.3 is 0 Å². The Bertz CT molecular complexity index is 1780. The second-order valence-electron chi connectivity index (χ2n) is 9.80. The monoisotopic (exact) mass is 636 g/mol. The predicted molar refractivity (Wildman–Crippen MR) is 163 cm³/mol. The smallest absolute Gasteiger partial charge is 0.271 e. The third kappa shape index (κ3) is 5.21. The van der Waals surface area contributed by atoms with Gasteiger partial charge in [0, 0.05) is 35.9 Å². The minimum absolute atomic E-state index is 0.242. The van der Waals surface area contributed by atoms with E-state index in [1.807, 2.05) is 48.5 Å². The van der Waals surface area contributed by atoms with E-state index in [0.29, 0.717) is 37.1 Å². The number of thiazole rings is 1. The molecule has 1 N–H and O–H groups in total. The SMILES string of the molecule is CC1=C(C(=O)Nc2ccccc2)[C@@H](c2ccc(Cl)cc2)n2c(s/c(=C/c3cc(Br)c(N4CCCCC4)o3)c2=O)=N1. The zero-order valence-electron chi connectivity index (χ0n) is 21.7. The third-order valence-corrected chi connectivity index (χ3v) is 8.89. The molecule has 0 radical (unpaired) electrons. The molecule has 1 amide bonds. The highest BCUT2D eigenvalue weighted by molar-refractivity contribution is 9.10. The van der Waals surface area contributed by atoms with Crippen molar-refractivity contribution in [3.63, 3.8) is 0 Å². The van der Waals surface area contributed by atoms with Crippen LogP contribution in [0.5, 0.6) is 0 Å². The first-order valence-electron chi connectivity index (χ1n) is 13.1. The summed E-state index contributed by atoms with van der Waals surface area (Å²) in [5, 5.41) is 3.53. The Balaban J connectivity index is 1.44. The summed E-state index contributed by atoms with van der Waals surface area (Å²) in [6, 6.07) is 17.6. The van der Waals surface area contributed by atoms with Crippen LogP contribution in [-0.2, 0) is 4.79 Å². The molecule has 2 aliphatic heterocycles. The third-order valence-electron chi connectivity index (χ3n) is 7.09. The van der Waals surface area contributed by atoms with Crippen molar-refractivity contribution in [2.45, 2.75) is 32.2 Å².